The van der Waals surface area contributed by atoms with Crippen molar-refractivity contribution >= 4 is 87.0 Å². The zero-order chi connectivity index (χ0) is 50.4. The van der Waals surface area contributed by atoms with E-state index in [1.165, 1.54) is 38.6 Å². The number of fused-ring (bicyclic) bond motifs is 1. The molecule has 0 aliphatic carbocycles. The summed E-state index contributed by atoms with van der Waals surface area (Å²) in [6, 6.07) is 8.71. The van der Waals surface area contributed by atoms with Crippen molar-refractivity contribution in [2.45, 2.75) is 43.8 Å². The molecule has 3 N–H and O–H groups in total. The average Bonchev–Trinajstić information content (AvgIpc) is 3.90. The SMILES string of the molecule is COc1cc(N2CCN(CCC3(F)CCN(c4cc5c(cc4F)C(=O)N(C4CCC(=O)NC4=O)C5=O)CC3)CC2)c(-c2cnn(C)c2)cc1Nc1ncc(Br)c(Nc2ccc(F)cc2P(=O)(OC)OC)n1. The number of benzene rings is 3. The molecule has 24 heteroatoms. The molecule has 1 atom stereocenters. The summed E-state index contributed by atoms with van der Waals surface area (Å²) in [7, 11) is 1.94. The number of ether oxygens (including phenoxy) is 1. The van der Waals surface area contributed by atoms with Gasteiger partial charge in [0, 0.05) is 109 Å². The highest BCUT2D eigenvalue weighted by Gasteiger charge is 2.46. The molecule has 2 aromatic heterocycles. The minimum absolute atomic E-state index is 0.0162. The molecule has 1 unspecified atom stereocenters. The number of alkyl halides is 1. The summed E-state index contributed by atoms with van der Waals surface area (Å²) < 4.78 is 78.1. The van der Waals surface area contributed by atoms with Crippen LogP contribution in [0.5, 0.6) is 5.75 Å². The summed E-state index contributed by atoms with van der Waals surface area (Å²) >= 11 is 3.47. The number of aromatic nitrogens is 4. The Hall–Kier alpha value is -6.39. The number of carbonyl (C=O) groups excluding carboxylic acids is 4. The molecule has 5 aromatic rings. The van der Waals surface area contributed by atoms with Gasteiger partial charge in [-0.05, 0) is 78.0 Å². The number of amides is 4. The fourth-order valence-electron chi connectivity index (χ4n) is 9.45. The Kier molecular flexibility index (Phi) is 14.0. The first-order valence-corrected chi connectivity index (χ1v) is 25.1. The van der Waals surface area contributed by atoms with Crippen molar-refractivity contribution in [2.75, 3.05) is 87.6 Å². The quantitative estimate of drug-likeness (QED) is 0.0762. The molecule has 71 heavy (non-hydrogen) atoms. The van der Waals surface area contributed by atoms with Gasteiger partial charge < -0.3 is 34.2 Å². The molecule has 4 aliphatic heterocycles. The summed E-state index contributed by atoms with van der Waals surface area (Å²) in [5.74, 6) is -3.18. The van der Waals surface area contributed by atoms with Crippen molar-refractivity contribution in [3.05, 3.63) is 88.3 Å². The van der Waals surface area contributed by atoms with Crippen molar-refractivity contribution < 1.29 is 50.7 Å². The Balaban J connectivity index is 0.846. The van der Waals surface area contributed by atoms with Gasteiger partial charge in [0.15, 0.2) is 0 Å². The van der Waals surface area contributed by atoms with Gasteiger partial charge in [-0.25, -0.2) is 18.2 Å². The fourth-order valence-corrected chi connectivity index (χ4v) is 11.0. The Morgan fingerprint density at radius 2 is 1.56 bits per heavy atom. The van der Waals surface area contributed by atoms with E-state index in [1.807, 2.05) is 25.4 Å². The molecule has 19 nitrogen and oxygen atoms in total. The molecule has 0 saturated carbocycles. The number of hydrogen-bond donors (Lipinski definition) is 3. The number of aryl methyl sites for hydroxylation is 1. The highest BCUT2D eigenvalue weighted by Crippen LogP contribution is 2.48. The maximum atomic E-state index is 16.5. The van der Waals surface area contributed by atoms with Crippen LogP contribution < -0.4 is 35.8 Å². The maximum absolute atomic E-state index is 16.5. The topological polar surface area (TPSA) is 206 Å². The van der Waals surface area contributed by atoms with E-state index >= 15 is 8.78 Å². The van der Waals surface area contributed by atoms with Gasteiger partial charge in [-0.3, -0.25) is 43.5 Å². The third-order valence-electron chi connectivity index (χ3n) is 13.4. The van der Waals surface area contributed by atoms with Gasteiger partial charge in [0.2, 0.25) is 17.8 Å². The highest BCUT2D eigenvalue weighted by molar-refractivity contribution is 9.10. The molecule has 3 fully saturated rings. The van der Waals surface area contributed by atoms with E-state index in [0.29, 0.717) is 48.6 Å². The molecule has 374 valence electrons. The lowest BCUT2D eigenvalue weighted by molar-refractivity contribution is -0.136. The third kappa shape index (κ3) is 9.97. The fraction of sp³-hybridized carbons (Fsp3) is 0.383. The Morgan fingerprint density at radius 3 is 2.23 bits per heavy atom. The van der Waals surface area contributed by atoms with Gasteiger partial charge in [-0.1, -0.05) is 0 Å². The van der Waals surface area contributed by atoms with Gasteiger partial charge in [0.1, 0.15) is 34.9 Å². The van der Waals surface area contributed by atoms with Crippen LogP contribution in [0.2, 0.25) is 0 Å². The number of piperidine rings is 2. The number of carbonyl (C=O) groups is 4. The Labute approximate surface area is 414 Å². The van der Waals surface area contributed by atoms with E-state index in [0.717, 1.165) is 33.8 Å². The van der Waals surface area contributed by atoms with Crippen LogP contribution in [0.25, 0.3) is 11.1 Å². The van der Waals surface area contributed by atoms with Crippen molar-refractivity contribution in [1.82, 2.24) is 34.9 Å². The molecule has 0 radical (unpaired) electrons. The molecule has 4 amide bonds. The number of methoxy groups -OCH3 is 1. The molecular weight excluding hydrogens is 1010 g/mol. The summed E-state index contributed by atoms with van der Waals surface area (Å²) in [4.78, 5) is 66.9. The number of nitrogens with zero attached hydrogens (tertiary/aromatic N) is 8. The largest absolute Gasteiger partial charge is 0.494 e. The van der Waals surface area contributed by atoms with Gasteiger partial charge in [0.05, 0.1) is 51.3 Å². The lowest BCUT2D eigenvalue weighted by Crippen LogP contribution is -2.54. The van der Waals surface area contributed by atoms with Crippen LogP contribution in [0, 0.1) is 11.6 Å². The van der Waals surface area contributed by atoms with E-state index < -0.39 is 54.6 Å². The molecular formula is C47H50BrF3N11O8P. The molecule has 3 aromatic carbocycles. The first-order chi connectivity index (χ1) is 34.0. The molecule has 3 saturated heterocycles. The summed E-state index contributed by atoms with van der Waals surface area (Å²) in [5.41, 5.74) is 1.79. The zero-order valence-electron chi connectivity index (χ0n) is 39.1. The van der Waals surface area contributed by atoms with E-state index in [4.69, 9.17) is 13.8 Å². The predicted octanol–water partition coefficient (Wildman–Crippen LogP) is 6.45. The van der Waals surface area contributed by atoms with Gasteiger partial charge in [-0.15, -0.1) is 0 Å². The molecule has 6 heterocycles. The molecule has 9 rings (SSSR count). The van der Waals surface area contributed by atoms with E-state index in [-0.39, 0.29) is 84.8 Å². The maximum Gasteiger partial charge on any atom is 0.363 e. The highest BCUT2D eigenvalue weighted by atomic mass is 79.9. The monoisotopic (exact) mass is 1060 g/mol. The third-order valence-corrected chi connectivity index (χ3v) is 15.9. The van der Waals surface area contributed by atoms with Crippen LogP contribution in [-0.2, 0) is 30.2 Å². The van der Waals surface area contributed by atoms with Crippen molar-refractivity contribution in [3.8, 4) is 16.9 Å². The van der Waals surface area contributed by atoms with E-state index in [2.05, 4.69) is 56.7 Å². The first-order valence-electron chi connectivity index (χ1n) is 22.8. The van der Waals surface area contributed by atoms with Crippen molar-refractivity contribution in [1.29, 1.82) is 0 Å². The van der Waals surface area contributed by atoms with Crippen molar-refractivity contribution in [2.24, 2.45) is 7.05 Å². The molecule has 4 aliphatic rings. The summed E-state index contributed by atoms with van der Waals surface area (Å²) in [5, 5.41) is 12.9. The zero-order valence-corrected chi connectivity index (χ0v) is 41.6. The van der Waals surface area contributed by atoms with E-state index in [9.17, 15) is 28.1 Å². The second kappa shape index (κ2) is 20.0. The lowest BCUT2D eigenvalue weighted by atomic mass is 9.89. The van der Waals surface area contributed by atoms with E-state index in [1.54, 1.807) is 22.9 Å². The van der Waals surface area contributed by atoms with Crippen LogP contribution >= 0.6 is 23.5 Å². The average molecular weight is 1060 g/mol. The number of rotatable bonds is 15. The number of halogens is 4. The van der Waals surface area contributed by atoms with Crippen LogP contribution in [0.15, 0.2) is 65.5 Å². The van der Waals surface area contributed by atoms with Crippen LogP contribution in [-0.4, -0.2) is 132 Å². The minimum Gasteiger partial charge on any atom is -0.494 e. The minimum atomic E-state index is -3.88. The van der Waals surface area contributed by atoms with Gasteiger partial charge >= 0.3 is 7.60 Å². The Bertz CT molecular complexity index is 2980. The number of piperazine rings is 1. The number of imide groups is 2. The van der Waals surface area contributed by atoms with Crippen LogP contribution in [0.4, 0.5) is 47.7 Å². The summed E-state index contributed by atoms with van der Waals surface area (Å²) in [6.07, 6.45) is 5.70. The Morgan fingerprint density at radius 1 is 0.859 bits per heavy atom. The predicted molar refractivity (Wildman–Crippen MR) is 261 cm³/mol. The number of hydrogen-bond acceptors (Lipinski definition) is 16. The van der Waals surface area contributed by atoms with Gasteiger partial charge in [-0.2, -0.15) is 10.1 Å². The number of anilines is 6. The standard InChI is InChI=1S/C47H50BrF3N11O8P/c1-58-26-27(24-53-58)29-21-35(55-46-52-25-32(48)42(57-46)54-34-6-5-28(49)19-40(34)71(67,69-3)70-4)39(68-2)23-37(29)61-17-15-59(16-18-61)12-9-47(51)10-13-60(14-11-47)38-22-31-30(20-33(38)50)44(65)62(45(31)66)36-7-8-41(63)56-43(36)64/h5-6,19-26,36H,7-18H2,1-4H3,(H,56,63,64)(H2,52,54,55,57). The second-order valence-electron chi connectivity index (χ2n) is 17.6. The number of nitrogens with one attached hydrogen (secondary N) is 3. The molecule has 0 spiro atoms. The van der Waals surface area contributed by atoms with Gasteiger partial charge in [0.25, 0.3) is 11.8 Å². The summed E-state index contributed by atoms with van der Waals surface area (Å²) in [6.45, 7) is 3.47. The van der Waals surface area contributed by atoms with Crippen LogP contribution in [0.3, 0.4) is 0 Å². The second-order valence-corrected chi connectivity index (χ2v) is 20.7. The smallest absolute Gasteiger partial charge is 0.363 e. The lowest BCUT2D eigenvalue weighted by Gasteiger charge is -2.41. The van der Waals surface area contributed by atoms with Crippen molar-refractivity contribution in [3.63, 3.8) is 0 Å². The van der Waals surface area contributed by atoms with Crippen LogP contribution in [0.1, 0.15) is 52.8 Å². The first kappa shape index (κ1) is 49.6. The normalized spacial score (nSPS) is 18.5. The molecule has 0 bridgehead atoms.